The molecule has 3 nitrogen and oxygen atoms in total. The van der Waals surface area contributed by atoms with Gasteiger partial charge in [0, 0.05) is 11.4 Å². The lowest BCUT2D eigenvalue weighted by atomic mass is 10.3. The van der Waals surface area contributed by atoms with Crippen LogP contribution in [0, 0.1) is 0 Å². The summed E-state index contributed by atoms with van der Waals surface area (Å²) in [6.45, 7) is 4.15. The molecule has 0 amide bonds. The highest BCUT2D eigenvalue weighted by Gasteiger charge is 2.11. The number of rotatable bonds is 4. The van der Waals surface area contributed by atoms with Crippen molar-refractivity contribution in [1.29, 1.82) is 0 Å². The van der Waals surface area contributed by atoms with Gasteiger partial charge in [0.25, 0.3) is 0 Å². The zero-order valence-corrected chi connectivity index (χ0v) is 10.1. The highest BCUT2D eigenvalue weighted by Crippen LogP contribution is 2.26. The van der Waals surface area contributed by atoms with Gasteiger partial charge in [0.05, 0.1) is 15.6 Å². The molecule has 15 heavy (non-hydrogen) atoms. The van der Waals surface area contributed by atoms with E-state index < -0.39 is 5.97 Å². The number of halogens is 1. The molecule has 0 aliphatic rings. The molecule has 1 N–H and O–H groups in total. The van der Waals surface area contributed by atoms with Crippen molar-refractivity contribution in [3.05, 3.63) is 22.8 Å². The summed E-state index contributed by atoms with van der Waals surface area (Å²) in [7, 11) is 0. The first-order valence-corrected chi connectivity index (χ1v) is 5.85. The molecular weight excluding hydrogens is 234 g/mol. The van der Waals surface area contributed by atoms with Crippen LogP contribution in [0.1, 0.15) is 30.6 Å². The molecule has 0 aromatic carbocycles. The van der Waals surface area contributed by atoms with Crippen LogP contribution >= 0.6 is 23.4 Å². The van der Waals surface area contributed by atoms with Gasteiger partial charge < -0.3 is 5.11 Å². The zero-order valence-electron chi connectivity index (χ0n) is 8.53. The minimum atomic E-state index is -1.02. The van der Waals surface area contributed by atoms with Gasteiger partial charge in [-0.3, -0.25) is 0 Å². The third-order valence-electron chi connectivity index (χ3n) is 1.96. The molecule has 82 valence electrons. The molecular formula is C10H12ClNO2S. The summed E-state index contributed by atoms with van der Waals surface area (Å²) in [6, 6.07) is 1.52. The molecule has 0 saturated heterocycles. The van der Waals surface area contributed by atoms with Gasteiger partial charge in [-0.1, -0.05) is 25.4 Å². The topological polar surface area (TPSA) is 50.2 Å². The zero-order chi connectivity index (χ0) is 11.4. The second kappa shape index (κ2) is 5.37. The number of carbonyl (C=O) groups is 1. The molecule has 0 aliphatic carbocycles. The number of carboxylic acid groups (broad SMARTS) is 1. The van der Waals surface area contributed by atoms with Crippen molar-refractivity contribution in [2.24, 2.45) is 0 Å². The van der Waals surface area contributed by atoms with Crippen LogP contribution in [0.5, 0.6) is 0 Å². The van der Waals surface area contributed by atoms with Crippen molar-refractivity contribution in [1.82, 2.24) is 4.98 Å². The Balaban J connectivity index is 2.92. The van der Waals surface area contributed by atoms with E-state index in [-0.39, 0.29) is 10.6 Å². The first-order valence-electron chi connectivity index (χ1n) is 4.60. The maximum atomic E-state index is 10.8. The fraction of sp³-hybridized carbons (Fsp3) is 0.400. The van der Waals surface area contributed by atoms with Gasteiger partial charge in [-0.2, -0.15) is 0 Å². The van der Waals surface area contributed by atoms with Crippen molar-refractivity contribution in [3.8, 4) is 0 Å². The van der Waals surface area contributed by atoms with E-state index in [0.717, 1.165) is 6.42 Å². The molecule has 1 unspecified atom stereocenters. The van der Waals surface area contributed by atoms with Gasteiger partial charge in [-0.05, 0) is 12.5 Å². The Bertz CT molecular complexity index is 370. The van der Waals surface area contributed by atoms with E-state index >= 15 is 0 Å². The van der Waals surface area contributed by atoms with Gasteiger partial charge >= 0.3 is 5.97 Å². The van der Waals surface area contributed by atoms with E-state index in [1.807, 2.05) is 0 Å². The van der Waals surface area contributed by atoms with Crippen molar-refractivity contribution in [3.63, 3.8) is 0 Å². The van der Waals surface area contributed by atoms with Crippen LogP contribution in [-0.2, 0) is 0 Å². The average Bonchev–Trinajstić information content (AvgIpc) is 2.20. The van der Waals surface area contributed by atoms with Gasteiger partial charge in [-0.15, -0.1) is 11.8 Å². The molecule has 1 aromatic rings. The number of nitrogens with zero attached hydrogens (tertiary/aromatic N) is 1. The lowest BCUT2D eigenvalue weighted by Crippen LogP contribution is -2.00. The van der Waals surface area contributed by atoms with Gasteiger partial charge in [0.2, 0.25) is 0 Å². The number of hydrogen-bond donors (Lipinski definition) is 1. The second-order valence-corrected chi connectivity index (χ2v) is 5.01. The van der Waals surface area contributed by atoms with E-state index in [4.69, 9.17) is 16.7 Å². The predicted molar refractivity (Wildman–Crippen MR) is 61.8 cm³/mol. The monoisotopic (exact) mass is 245 g/mol. The van der Waals surface area contributed by atoms with Crippen LogP contribution in [0.25, 0.3) is 0 Å². The minimum Gasteiger partial charge on any atom is -0.478 e. The molecule has 1 rings (SSSR count). The van der Waals surface area contributed by atoms with Crippen molar-refractivity contribution >= 4 is 29.3 Å². The van der Waals surface area contributed by atoms with Gasteiger partial charge in [-0.25, -0.2) is 9.78 Å². The molecule has 1 atom stereocenters. The molecule has 0 bridgehead atoms. The molecule has 5 heteroatoms. The van der Waals surface area contributed by atoms with E-state index in [1.165, 1.54) is 12.3 Å². The molecule has 0 fully saturated rings. The van der Waals surface area contributed by atoms with E-state index in [9.17, 15) is 4.79 Å². The van der Waals surface area contributed by atoms with Gasteiger partial charge in [0.15, 0.2) is 0 Å². The van der Waals surface area contributed by atoms with Gasteiger partial charge in [0.1, 0.15) is 0 Å². The van der Waals surface area contributed by atoms with Crippen LogP contribution in [0.3, 0.4) is 0 Å². The lowest BCUT2D eigenvalue weighted by Gasteiger charge is -2.08. The average molecular weight is 246 g/mol. The summed E-state index contributed by atoms with van der Waals surface area (Å²) in [5, 5.41) is 10.2. The Labute approximate surface area is 97.9 Å². The predicted octanol–water partition coefficient (Wildman–Crippen LogP) is 3.32. The second-order valence-electron chi connectivity index (χ2n) is 3.14. The first-order chi connectivity index (χ1) is 7.04. The van der Waals surface area contributed by atoms with Crippen LogP contribution < -0.4 is 0 Å². The van der Waals surface area contributed by atoms with Crippen molar-refractivity contribution < 1.29 is 9.90 Å². The molecule has 0 radical (unpaired) electrons. The normalized spacial score (nSPS) is 12.5. The van der Waals surface area contributed by atoms with Crippen LogP contribution in [0.2, 0.25) is 5.02 Å². The summed E-state index contributed by atoms with van der Waals surface area (Å²) in [5.74, 6) is -1.02. The van der Waals surface area contributed by atoms with Crippen molar-refractivity contribution in [2.45, 2.75) is 30.5 Å². The van der Waals surface area contributed by atoms with E-state index in [1.54, 1.807) is 11.8 Å². The lowest BCUT2D eigenvalue weighted by molar-refractivity contribution is 0.0696. The number of thioether (sulfide) groups is 1. The van der Waals surface area contributed by atoms with E-state index in [2.05, 4.69) is 18.8 Å². The summed E-state index contributed by atoms with van der Waals surface area (Å²) < 4.78 is 0. The number of aromatic carboxylic acids is 1. The summed E-state index contributed by atoms with van der Waals surface area (Å²) >= 11 is 7.26. The fourth-order valence-corrected chi connectivity index (χ4v) is 2.00. The number of hydrogen-bond acceptors (Lipinski definition) is 3. The quantitative estimate of drug-likeness (QED) is 0.827. The number of pyridine rings is 1. The fourth-order valence-electron chi connectivity index (χ4n) is 0.937. The SMILES string of the molecule is CCC(C)Sc1cc(C(=O)O)c(Cl)cn1. The number of aromatic nitrogens is 1. The summed E-state index contributed by atoms with van der Waals surface area (Å²) in [5.41, 5.74) is 0.109. The van der Waals surface area contributed by atoms with Crippen LogP contribution in [0.15, 0.2) is 17.3 Å². The Kier molecular flexibility index (Phi) is 4.42. The molecule has 0 saturated carbocycles. The summed E-state index contributed by atoms with van der Waals surface area (Å²) in [4.78, 5) is 14.9. The van der Waals surface area contributed by atoms with Crippen LogP contribution in [-0.4, -0.2) is 21.3 Å². The molecule has 1 heterocycles. The molecule has 0 spiro atoms. The smallest absolute Gasteiger partial charge is 0.337 e. The van der Waals surface area contributed by atoms with Crippen LogP contribution in [0.4, 0.5) is 0 Å². The third kappa shape index (κ3) is 3.39. The first kappa shape index (κ1) is 12.3. The Hall–Kier alpha value is -0.740. The Morgan fingerprint density at radius 2 is 2.40 bits per heavy atom. The largest absolute Gasteiger partial charge is 0.478 e. The number of carboxylic acids is 1. The maximum absolute atomic E-state index is 10.8. The summed E-state index contributed by atoms with van der Waals surface area (Å²) in [6.07, 6.45) is 2.40. The maximum Gasteiger partial charge on any atom is 0.337 e. The highest BCUT2D eigenvalue weighted by atomic mass is 35.5. The minimum absolute atomic E-state index is 0.109. The van der Waals surface area contributed by atoms with Crippen molar-refractivity contribution in [2.75, 3.05) is 0 Å². The van der Waals surface area contributed by atoms with E-state index in [0.29, 0.717) is 10.3 Å². The molecule has 1 aromatic heterocycles. The third-order valence-corrected chi connectivity index (χ3v) is 3.46. The Morgan fingerprint density at radius 3 is 2.93 bits per heavy atom. The standard InChI is InChI=1S/C10H12ClNO2S/c1-3-6(2)15-9-4-7(10(13)14)8(11)5-12-9/h4-6H,3H2,1-2H3,(H,13,14). The highest BCUT2D eigenvalue weighted by molar-refractivity contribution is 7.99. The molecule has 0 aliphatic heterocycles. The Morgan fingerprint density at radius 1 is 1.73 bits per heavy atom.